The van der Waals surface area contributed by atoms with Crippen molar-refractivity contribution in [2.24, 2.45) is 0 Å². The van der Waals surface area contributed by atoms with E-state index < -0.39 is 0 Å². The second kappa shape index (κ2) is 6.85. The second-order valence-electron chi connectivity index (χ2n) is 7.06. The Morgan fingerprint density at radius 1 is 0.815 bits per heavy atom. The zero-order valence-electron chi connectivity index (χ0n) is 15.5. The van der Waals surface area contributed by atoms with E-state index in [0.29, 0.717) is 5.92 Å². The number of thiophene rings is 4. The minimum atomic E-state index is 0.581. The van der Waals surface area contributed by atoms with Crippen LogP contribution < -0.4 is 0 Å². The molecule has 4 aromatic heterocycles. The molecule has 0 unspecified atom stereocenters. The van der Waals surface area contributed by atoms with Gasteiger partial charge in [0, 0.05) is 50.8 Å². The second-order valence-corrected chi connectivity index (χ2v) is 11.2. The van der Waals surface area contributed by atoms with Gasteiger partial charge in [0.25, 0.3) is 0 Å². The molecule has 27 heavy (non-hydrogen) atoms. The van der Waals surface area contributed by atoms with E-state index in [2.05, 4.69) is 67.9 Å². The predicted molar refractivity (Wildman–Crippen MR) is 127 cm³/mol. The molecular formula is C23H20S4. The first-order valence-electron chi connectivity index (χ1n) is 9.27. The van der Waals surface area contributed by atoms with Gasteiger partial charge in [-0.3, -0.25) is 0 Å². The number of aryl methyl sites for hydroxylation is 1. The molecular weight excluding hydrogens is 405 g/mol. The Morgan fingerprint density at radius 3 is 2.37 bits per heavy atom. The molecule has 0 atom stereocenters. The SMILES string of the molecule is CCc1cc2c(-c3ccc(C(C)C)s3)c3sccc3c(-c3cccs3)c2s1. The third-order valence-electron chi connectivity index (χ3n) is 5.00. The van der Waals surface area contributed by atoms with E-state index in [-0.39, 0.29) is 0 Å². The first kappa shape index (κ1) is 17.6. The molecule has 0 saturated carbocycles. The van der Waals surface area contributed by atoms with Crippen LogP contribution in [0, 0.1) is 0 Å². The summed E-state index contributed by atoms with van der Waals surface area (Å²) >= 11 is 7.67. The van der Waals surface area contributed by atoms with Gasteiger partial charge < -0.3 is 0 Å². The highest BCUT2D eigenvalue weighted by molar-refractivity contribution is 7.23. The molecule has 0 N–H and O–H groups in total. The van der Waals surface area contributed by atoms with Gasteiger partial charge in [0.15, 0.2) is 0 Å². The Morgan fingerprint density at radius 2 is 1.67 bits per heavy atom. The van der Waals surface area contributed by atoms with Crippen molar-refractivity contribution in [2.75, 3.05) is 0 Å². The monoisotopic (exact) mass is 424 g/mol. The number of hydrogen-bond donors (Lipinski definition) is 0. The van der Waals surface area contributed by atoms with Crippen LogP contribution >= 0.6 is 45.3 Å². The quantitative estimate of drug-likeness (QED) is 0.270. The van der Waals surface area contributed by atoms with E-state index >= 15 is 0 Å². The van der Waals surface area contributed by atoms with Crippen molar-refractivity contribution >= 4 is 65.5 Å². The summed E-state index contributed by atoms with van der Waals surface area (Å²) in [7, 11) is 0. The topological polar surface area (TPSA) is 0 Å². The summed E-state index contributed by atoms with van der Waals surface area (Å²) < 4.78 is 2.89. The summed E-state index contributed by atoms with van der Waals surface area (Å²) in [6.07, 6.45) is 1.10. The van der Waals surface area contributed by atoms with Crippen LogP contribution in [0.25, 0.3) is 41.1 Å². The van der Waals surface area contributed by atoms with Gasteiger partial charge in [0.2, 0.25) is 0 Å². The van der Waals surface area contributed by atoms with Crippen molar-refractivity contribution in [1.29, 1.82) is 0 Å². The Hall–Kier alpha value is -1.46. The third-order valence-corrected chi connectivity index (χ3v) is 9.52. The molecule has 0 bridgehead atoms. The van der Waals surface area contributed by atoms with Crippen LogP contribution in [0.5, 0.6) is 0 Å². The lowest BCUT2D eigenvalue weighted by atomic mass is 10.00. The molecule has 5 aromatic rings. The van der Waals surface area contributed by atoms with E-state index in [4.69, 9.17) is 0 Å². The van der Waals surface area contributed by atoms with E-state index in [1.54, 1.807) is 0 Å². The minimum absolute atomic E-state index is 0.581. The molecule has 0 aliphatic heterocycles. The molecule has 1 aromatic carbocycles. The van der Waals surface area contributed by atoms with Crippen molar-refractivity contribution in [1.82, 2.24) is 0 Å². The summed E-state index contributed by atoms with van der Waals surface area (Å²) in [4.78, 5) is 5.74. The highest BCUT2D eigenvalue weighted by Crippen LogP contribution is 2.50. The maximum absolute atomic E-state index is 2.44. The highest BCUT2D eigenvalue weighted by Gasteiger charge is 2.21. The molecule has 5 rings (SSSR count). The fourth-order valence-electron chi connectivity index (χ4n) is 3.64. The predicted octanol–water partition coefficient (Wildman–Crippen LogP) is 9.26. The van der Waals surface area contributed by atoms with Gasteiger partial charge in [-0.1, -0.05) is 26.8 Å². The summed E-state index contributed by atoms with van der Waals surface area (Å²) in [5.74, 6) is 0.581. The number of fused-ring (bicyclic) bond motifs is 2. The van der Waals surface area contributed by atoms with E-state index in [1.165, 1.54) is 50.8 Å². The standard InChI is InChI=1S/C23H20S4/c1-4-14-12-16-21(19-8-7-17(27-19)13(2)3)22-15(9-11-25-22)20(23(16)26-14)18-6-5-10-24-18/h5-13H,4H2,1-3H3. The molecule has 0 aliphatic rings. The molecule has 0 radical (unpaired) electrons. The van der Waals surface area contributed by atoms with Crippen LogP contribution in [0.3, 0.4) is 0 Å². The number of hydrogen-bond acceptors (Lipinski definition) is 4. The maximum Gasteiger partial charge on any atom is 0.0445 e. The summed E-state index contributed by atoms with van der Waals surface area (Å²) in [6, 6.07) is 13.9. The summed E-state index contributed by atoms with van der Waals surface area (Å²) in [5, 5.41) is 7.30. The largest absolute Gasteiger partial charge is 0.144 e. The Balaban J connectivity index is 1.91. The summed E-state index contributed by atoms with van der Waals surface area (Å²) in [6.45, 7) is 6.83. The summed E-state index contributed by atoms with van der Waals surface area (Å²) in [5.41, 5.74) is 2.88. The molecule has 0 saturated heterocycles. The normalized spacial score (nSPS) is 12.0. The third kappa shape index (κ3) is 2.82. The molecule has 0 nitrogen and oxygen atoms in total. The Kier molecular flexibility index (Phi) is 4.47. The van der Waals surface area contributed by atoms with Crippen molar-refractivity contribution in [3.63, 3.8) is 0 Å². The van der Waals surface area contributed by atoms with Gasteiger partial charge in [-0.25, -0.2) is 0 Å². The molecule has 0 fully saturated rings. The van der Waals surface area contributed by atoms with Crippen LogP contribution in [-0.2, 0) is 6.42 Å². The van der Waals surface area contributed by atoms with Gasteiger partial charge in [0.05, 0.1) is 0 Å². The van der Waals surface area contributed by atoms with Gasteiger partial charge >= 0.3 is 0 Å². The molecule has 0 spiro atoms. The van der Waals surface area contributed by atoms with Crippen molar-refractivity contribution in [3.8, 4) is 20.9 Å². The lowest BCUT2D eigenvalue weighted by molar-refractivity contribution is 0.890. The zero-order valence-corrected chi connectivity index (χ0v) is 18.8. The van der Waals surface area contributed by atoms with Crippen LogP contribution in [0.15, 0.2) is 47.2 Å². The minimum Gasteiger partial charge on any atom is -0.144 e. The van der Waals surface area contributed by atoms with Crippen molar-refractivity contribution in [2.45, 2.75) is 33.1 Å². The average Bonchev–Trinajstić information content (AvgIpc) is 3.45. The van der Waals surface area contributed by atoms with E-state index in [9.17, 15) is 0 Å². The van der Waals surface area contributed by atoms with E-state index in [0.717, 1.165) is 6.42 Å². The number of benzene rings is 1. The molecule has 136 valence electrons. The van der Waals surface area contributed by atoms with Crippen molar-refractivity contribution in [3.05, 3.63) is 56.9 Å². The Bertz CT molecular complexity index is 1230. The van der Waals surface area contributed by atoms with Crippen molar-refractivity contribution < 1.29 is 0 Å². The van der Waals surface area contributed by atoms with Gasteiger partial charge in [-0.2, -0.15) is 0 Å². The van der Waals surface area contributed by atoms with Crippen LogP contribution in [0.4, 0.5) is 0 Å². The lowest BCUT2D eigenvalue weighted by Crippen LogP contribution is -1.81. The number of rotatable bonds is 4. The Labute approximate surface area is 175 Å². The van der Waals surface area contributed by atoms with Crippen LogP contribution in [0.2, 0.25) is 0 Å². The van der Waals surface area contributed by atoms with Gasteiger partial charge in [-0.05, 0) is 53.4 Å². The first-order chi connectivity index (χ1) is 13.2. The fraction of sp³-hybridized carbons (Fsp3) is 0.217. The fourth-order valence-corrected chi connectivity index (χ4v) is 7.79. The van der Waals surface area contributed by atoms with Crippen LogP contribution in [-0.4, -0.2) is 0 Å². The molecule has 4 heteroatoms. The highest BCUT2D eigenvalue weighted by atomic mass is 32.1. The zero-order chi connectivity index (χ0) is 18.5. The van der Waals surface area contributed by atoms with Gasteiger partial charge in [-0.15, -0.1) is 45.3 Å². The first-order valence-corrected chi connectivity index (χ1v) is 12.7. The molecule has 0 amide bonds. The van der Waals surface area contributed by atoms with E-state index in [1.807, 2.05) is 45.3 Å². The molecule has 0 aliphatic carbocycles. The maximum atomic E-state index is 2.44. The lowest BCUT2D eigenvalue weighted by Gasteiger charge is -2.09. The smallest absolute Gasteiger partial charge is 0.0445 e. The van der Waals surface area contributed by atoms with Crippen LogP contribution in [0.1, 0.15) is 36.4 Å². The molecule has 4 heterocycles. The van der Waals surface area contributed by atoms with Gasteiger partial charge in [0.1, 0.15) is 0 Å². The average molecular weight is 425 g/mol.